The van der Waals surface area contributed by atoms with Crippen molar-refractivity contribution in [2.24, 2.45) is 0 Å². The molecule has 4 N–H and O–H groups in total. The van der Waals surface area contributed by atoms with E-state index in [1.54, 1.807) is 6.07 Å². The lowest BCUT2D eigenvalue weighted by Crippen LogP contribution is -2.58. The van der Waals surface area contributed by atoms with Crippen LogP contribution in [0.15, 0.2) is 97.1 Å². The Kier molecular flexibility index (Phi) is 8.27. The Morgan fingerprint density at radius 2 is 1.41 bits per heavy atom. The summed E-state index contributed by atoms with van der Waals surface area (Å²) in [6.07, 6.45) is 1.31. The number of rotatable bonds is 8. The Labute approximate surface area is 224 Å². The molecule has 5 rings (SSSR count). The van der Waals surface area contributed by atoms with Gasteiger partial charge in [0.05, 0.1) is 0 Å². The molecule has 0 unspecified atom stereocenters. The van der Waals surface area contributed by atoms with Crippen LogP contribution in [0, 0.1) is 6.92 Å². The van der Waals surface area contributed by atoms with E-state index >= 15 is 0 Å². The molecular formula is C31H33ClN4O. The maximum absolute atomic E-state index is 13.9. The van der Waals surface area contributed by atoms with E-state index in [9.17, 15) is 4.79 Å². The molecule has 0 fully saturated rings. The van der Waals surface area contributed by atoms with Crippen LogP contribution in [0.4, 0.5) is 5.82 Å². The first-order valence-corrected chi connectivity index (χ1v) is 12.5. The summed E-state index contributed by atoms with van der Waals surface area (Å²) in [6.45, 7) is 2.98. The van der Waals surface area contributed by atoms with Crippen LogP contribution in [0.1, 0.15) is 39.4 Å². The number of hydrogen-bond donors (Lipinski definition) is 3. The van der Waals surface area contributed by atoms with Gasteiger partial charge in [-0.1, -0.05) is 91.0 Å². The largest absolute Gasteiger partial charge is 0.384 e. The second-order valence-corrected chi connectivity index (χ2v) is 9.62. The van der Waals surface area contributed by atoms with Gasteiger partial charge in [-0.2, -0.15) is 0 Å². The second-order valence-electron chi connectivity index (χ2n) is 9.62. The lowest BCUT2D eigenvalue weighted by Gasteiger charge is -2.32. The van der Waals surface area contributed by atoms with Gasteiger partial charge in [0, 0.05) is 37.5 Å². The van der Waals surface area contributed by atoms with Gasteiger partial charge in [-0.05, 0) is 40.8 Å². The third kappa shape index (κ3) is 5.85. The fraction of sp³-hybridized carbons (Fsp3) is 0.226. The molecule has 6 heteroatoms. The summed E-state index contributed by atoms with van der Waals surface area (Å²) in [7, 11) is 0. The number of carbonyl (C=O) groups excluding carboxylic acids is 1. The molecule has 4 aromatic rings. The number of benzene rings is 3. The van der Waals surface area contributed by atoms with Crippen molar-refractivity contribution in [1.29, 1.82) is 0 Å². The zero-order valence-corrected chi connectivity index (χ0v) is 21.8. The number of carbonyl (C=O) groups is 1. The fourth-order valence-electron chi connectivity index (χ4n) is 5.22. The quantitative estimate of drug-likeness (QED) is 0.311. The molecule has 1 aliphatic rings. The fourth-order valence-corrected chi connectivity index (χ4v) is 5.22. The van der Waals surface area contributed by atoms with E-state index in [2.05, 4.69) is 76.3 Å². The van der Waals surface area contributed by atoms with Gasteiger partial charge in [0.1, 0.15) is 11.4 Å². The number of nitrogens with zero attached hydrogens (tertiary/aromatic N) is 1. The number of amides is 1. The van der Waals surface area contributed by atoms with E-state index in [0.717, 1.165) is 11.3 Å². The molecule has 1 aliphatic carbocycles. The highest BCUT2D eigenvalue weighted by molar-refractivity contribution is 5.88. The van der Waals surface area contributed by atoms with Gasteiger partial charge < -0.3 is 16.4 Å². The first-order valence-electron chi connectivity index (χ1n) is 12.5. The van der Waals surface area contributed by atoms with Crippen molar-refractivity contribution in [1.82, 2.24) is 15.6 Å². The smallest absolute Gasteiger partial charge is 0.241 e. The van der Waals surface area contributed by atoms with E-state index in [-0.39, 0.29) is 24.2 Å². The van der Waals surface area contributed by atoms with Crippen molar-refractivity contribution in [2.75, 3.05) is 12.3 Å². The van der Waals surface area contributed by atoms with Crippen LogP contribution in [0.2, 0.25) is 0 Å². The molecule has 37 heavy (non-hydrogen) atoms. The number of hydrogen-bond acceptors (Lipinski definition) is 4. The number of anilines is 1. The van der Waals surface area contributed by atoms with Gasteiger partial charge in [-0.3, -0.25) is 4.79 Å². The molecule has 0 spiro atoms. The topological polar surface area (TPSA) is 80.0 Å². The van der Waals surface area contributed by atoms with Crippen molar-refractivity contribution in [2.45, 2.75) is 37.8 Å². The number of aryl methyl sites for hydroxylation is 1. The van der Waals surface area contributed by atoms with Gasteiger partial charge >= 0.3 is 0 Å². The molecular weight excluding hydrogens is 480 g/mol. The molecule has 0 saturated heterocycles. The minimum Gasteiger partial charge on any atom is -0.384 e. The predicted molar refractivity (Wildman–Crippen MR) is 152 cm³/mol. The van der Waals surface area contributed by atoms with Crippen molar-refractivity contribution in [3.63, 3.8) is 0 Å². The van der Waals surface area contributed by atoms with Crippen LogP contribution >= 0.6 is 12.4 Å². The molecule has 0 atom stereocenters. The third-order valence-electron chi connectivity index (χ3n) is 7.24. The molecule has 0 aliphatic heterocycles. The average Bonchev–Trinajstić information content (AvgIpc) is 3.29. The average molecular weight is 513 g/mol. The number of pyridine rings is 1. The monoisotopic (exact) mass is 512 g/mol. The number of nitrogens with one attached hydrogen (secondary N) is 2. The number of fused-ring (bicyclic) bond motifs is 1. The lowest BCUT2D eigenvalue weighted by molar-refractivity contribution is -0.127. The Morgan fingerprint density at radius 1 is 0.865 bits per heavy atom. The molecule has 1 aromatic heterocycles. The maximum atomic E-state index is 13.9. The van der Waals surface area contributed by atoms with Crippen LogP contribution in [-0.2, 0) is 24.2 Å². The molecule has 3 aromatic carbocycles. The Balaban J connectivity index is 0.00000320. The van der Waals surface area contributed by atoms with Crippen LogP contribution < -0.4 is 16.4 Å². The van der Waals surface area contributed by atoms with E-state index in [1.807, 2.05) is 37.3 Å². The van der Waals surface area contributed by atoms with Crippen LogP contribution in [-0.4, -0.2) is 23.0 Å². The molecule has 5 nitrogen and oxygen atoms in total. The minimum atomic E-state index is -0.722. The van der Waals surface area contributed by atoms with Crippen molar-refractivity contribution < 1.29 is 4.79 Å². The number of aromatic nitrogens is 1. The Bertz CT molecular complexity index is 1280. The van der Waals surface area contributed by atoms with Gasteiger partial charge in [0.25, 0.3) is 0 Å². The van der Waals surface area contributed by atoms with Crippen molar-refractivity contribution >= 4 is 24.1 Å². The highest BCUT2D eigenvalue weighted by atomic mass is 35.5. The SMILES string of the molecule is Cc1nc(N)ccc1CNC(=O)C1(NCC(c2ccccc2)c2ccccc2)Cc2ccccc2C1.Cl. The summed E-state index contributed by atoms with van der Waals surface area (Å²) < 4.78 is 0. The normalized spacial score (nSPS) is 13.6. The van der Waals surface area contributed by atoms with Gasteiger partial charge in [0.15, 0.2) is 0 Å². The highest BCUT2D eigenvalue weighted by Crippen LogP contribution is 2.32. The zero-order valence-electron chi connectivity index (χ0n) is 21.0. The maximum Gasteiger partial charge on any atom is 0.241 e. The highest BCUT2D eigenvalue weighted by Gasteiger charge is 2.43. The van der Waals surface area contributed by atoms with E-state index in [1.165, 1.54) is 22.3 Å². The third-order valence-corrected chi connectivity index (χ3v) is 7.24. The standard InChI is InChI=1S/C31H32N4O.ClH/c1-22-27(16-17-29(32)35-22)20-33-30(36)31(18-25-14-8-9-15-26(25)19-31)34-21-28(23-10-4-2-5-11-23)24-12-6-3-7-13-24;/h2-17,28,34H,18-21H2,1H3,(H2,32,35)(H,33,36);1H. The Morgan fingerprint density at radius 3 is 1.95 bits per heavy atom. The summed E-state index contributed by atoms with van der Waals surface area (Å²) >= 11 is 0. The molecule has 1 amide bonds. The van der Waals surface area contributed by atoms with Gasteiger partial charge in [-0.15, -0.1) is 12.4 Å². The summed E-state index contributed by atoms with van der Waals surface area (Å²) in [5.74, 6) is 0.624. The first kappa shape index (κ1) is 26.4. The molecule has 0 saturated carbocycles. The first-order chi connectivity index (χ1) is 17.5. The Hall–Kier alpha value is -3.67. The number of nitrogens with two attached hydrogens (primary N) is 1. The van der Waals surface area contributed by atoms with Crippen LogP contribution in [0.5, 0.6) is 0 Å². The zero-order chi connectivity index (χ0) is 25.0. The van der Waals surface area contributed by atoms with Crippen molar-refractivity contribution in [3.8, 4) is 0 Å². The number of halogens is 1. The second kappa shape index (κ2) is 11.6. The van der Waals surface area contributed by atoms with Gasteiger partial charge in [-0.25, -0.2) is 4.98 Å². The summed E-state index contributed by atoms with van der Waals surface area (Å²) in [4.78, 5) is 18.2. The van der Waals surface area contributed by atoms with E-state index in [4.69, 9.17) is 5.73 Å². The van der Waals surface area contributed by atoms with E-state index < -0.39 is 5.54 Å². The number of nitrogen functional groups attached to an aromatic ring is 1. The molecule has 1 heterocycles. The van der Waals surface area contributed by atoms with Crippen LogP contribution in [0.3, 0.4) is 0 Å². The summed E-state index contributed by atoms with van der Waals surface area (Å²) in [5, 5.41) is 6.95. The molecule has 0 radical (unpaired) electrons. The predicted octanol–water partition coefficient (Wildman–Crippen LogP) is 4.97. The molecule has 190 valence electrons. The van der Waals surface area contributed by atoms with E-state index in [0.29, 0.717) is 31.7 Å². The lowest BCUT2D eigenvalue weighted by atomic mass is 9.88. The summed E-state index contributed by atoms with van der Waals surface area (Å²) in [5.41, 5.74) is 11.8. The summed E-state index contributed by atoms with van der Waals surface area (Å²) in [6, 6.07) is 33.1. The van der Waals surface area contributed by atoms with Crippen LogP contribution in [0.25, 0.3) is 0 Å². The van der Waals surface area contributed by atoms with Crippen molar-refractivity contribution in [3.05, 3.63) is 131 Å². The molecule has 0 bridgehead atoms. The minimum absolute atomic E-state index is 0. The van der Waals surface area contributed by atoms with Gasteiger partial charge in [0.2, 0.25) is 5.91 Å².